The number of hydrogen-bond donors (Lipinski definition) is 0. The van der Waals surface area contributed by atoms with Crippen LogP contribution in [0.15, 0.2) is 88.8 Å². The second-order valence-corrected chi connectivity index (χ2v) is 10.7. The molecule has 2 atom stereocenters. The standard InChI is InChI=1S/C23H16Cl3N3O5S/c24-16-11-5-4-10-15(16)19-20(21(30)14-8-2-1-3-9-14)28(23(27-19)22(25)26)35(33,34)18-13-7-6-12-17(18)29(31)32/h1-13,19-20,22H/t19-,20+/m1/s1. The molecule has 0 N–H and O–H groups in total. The van der Waals surface area contributed by atoms with Crippen LogP contribution in [-0.4, -0.2) is 40.1 Å². The molecule has 0 amide bonds. The van der Waals surface area contributed by atoms with E-state index in [0.29, 0.717) is 9.87 Å². The molecule has 1 aliphatic rings. The number of rotatable bonds is 7. The molecule has 1 heterocycles. The van der Waals surface area contributed by atoms with Crippen molar-refractivity contribution in [3.8, 4) is 0 Å². The molecule has 0 spiro atoms. The van der Waals surface area contributed by atoms with Gasteiger partial charge in [0.25, 0.3) is 15.7 Å². The lowest BCUT2D eigenvalue weighted by atomic mass is 9.94. The summed E-state index contributed by atoms with van der Waals surface area (Å²) in [7, 11) is -4.74. The molecule has 0 saturated heterocycles. The van der Waals surface area contributed by atoms with Crippen molar-refractivity contribution in [3.05, 3.63) is 105 Å². The Labute approximate surface area is 216 Å². The number of alkyl halides is 2. The lowest BCUT2D eigenvalue weighted by Crippen LogP contribution is -2.48. The van der Waals surface area contributed by atoms with Crippen LogP contribution < -0.4 is 0 Å². The molecule has 12 heteroatoms. The summed E-state index contributed by atoms with van der Waals surface area (Å²) < 4.78 is 28.5. The van der Waals surface area contributed by atoms with Crippen LogP contribution in [0.2, 0.25) is 5.02 Å². The van der Waals surface area contributed by atoms with Crippen LogP contribution in [-0.2, 0) is 10.0 Å². The number of aliphatic imine (C=N–C) groups is 1. The first-order chi connectivity index (χ1) is 16.6. The van der Waals surface area contributed by atoms with Gasteiger partial charge in [0.05, 0.1) is 4.92 Å². The van der Waals surface area contributed by atoms with E-state index in [1.54, 1.807) is 42.5 Å². The highest BCUT2D eigenvalue weighted by Crippen LogP contribution is 2.42. The molecule has 0 fully saturated rings. The molecule has 0 aliphatic carbocycles. The van der Waals surface area contributed by atoms with E-state index in [9.17, 15) is 23.3 Å². The molecule has 8 nitrogen and oxygen atoms in total. The number of para-hydroxylation sites is 1. The number of hydrogen-bond acceptors (Lipinski definition) is 6. The first-order valence-corrected chi connectivity index (χ1v) is 12.8. The summed E-state index contributed by atoms with van der Waals surface area (Å²) in [5.74, 6) is -0.948. The first-order valence-electron chi connectivity index (χ1n) is 10.1. The summed E-state index contributed by atoms with van der Waals surface area (Å²) in [4.78, 5) is 26.9. The largest absolute Gasteiger partial charge is 0.292 e. The van der Waals surface area contributed by atoms with Crippen LogP contribution in [0.5, 0.6) is 0 Å². The number of sulfonamides is 1. The minimum Gasteiger partial charge on any atom is -0.292 e. The second kappa shape index (κ2) is 9.94. The smallest absolute Gasteiger partial charge is 0.289 e. The van der Waals surface area contributed by atoms with Crippen molar-refractivity contribution in [1.82, 2.24) is 4.31 Å². The molecule has 1 aliphatic heterocycles. The number of Topliss-reactive ketones (excluding diaryl/α,β-unsaturated/α-hetero) is 1. The maximum Gasteiger partial charge on any atom is 0.289 e. The maximum atomic E-state index is 13.9. The zero-order chi connectivity index (χ0) is 25.3. The highest BCUT2D eigenvalue weighted by atomic mass is 35.5. The second-order valence-electron chi connectivity index (χ2n) is 7.46. The lowest BCUT2D eigenvalue weighted by Gasteiger charge is -2.29. The van der Waals surface area contributed by atoms with Crippen molar-refractivity contribution in [2.75, 3.05) is 0 Å². The van der Waals surface area contributed by atoms with Crippen LogP contribution in [0.1, 0.15) is 22.0 Å². The molecular weight excluding hydrogens is 537 g/mol. The fraction of sp³-hybridized carbons (Fsp3) is 0.130. The predicted molar refractivity (Wildman–Crippen MR) is 134 cm³/mol. The highest BCUT2D eigenvalue weighted by Gasteiger charge is 2.51. The third kappa shape index (κ3) is 4.64. The van der Waals surface area contributed by atoms with Crippen molar-refractivity contribution in [1.29, 1.82) is 0 Å². The van der Waals surface area contributed by atoms with E-state index in [-0.39, 0.29) is 16.4 Å². The summed E-state index contributed by atoms with van der Waals surface area (Å²) in [5, 5.41) is 11.9. The Balaban J connectivity index is 1.98. The van der Waals surface area contributed by atoms with Crippen molar-refractivity contribution >= 4 is 62.1 Å². The molecule has 0 saturated carbocycles. The normalized spacial score (nSPS) is 17.9. The van der Waals surface area contributed by atoms with Crippen LogP contribution in [0.25, 0.3) is 0 Å². The Morgan fingerprint density at radius 3 is 2.20 bits per heavy atom. The number of nitro benzene ring substituents is 1. The van der Waals surface area contributed by atoms with Gasteiger partial charge in [0.2, 0.25) is 0 Å². The zero-order valence-electron chi connectivity index (χ0n) is 17.7. The van der Waals surface area contributed by atoms with Crippen LogP contribution in [0.4, 0.5) is 5.69 Å². The van der Waals surface area contributed by atoms with Crippen molar-refractivity contribution in [3.63, 3.8) is 0 Å². The number of nitrogens with zero attached hydrogens (tertiary/aromatic N) is 3. The Morgan fingerprint density at radius 1 is 0.971 bits per heavy atom. The Hall–Kier alpha value is -2.98. The van der Waals surface area contributed by atoms with Gasteiger partial charge in [0, 0.05) is 16.7 Å². The van der Waals surface area contributed by atoms with E-state index in [1.165, 1.54) is 24.3 Å². The number of ketones is 1. The van der Waals surface area contributed by atoms with Crippen molar-refractivity contribution < 1.29 is 18.1 Å². The minimum atomic E-state index is -4.74. The van der Waals surface area contributed by atoms with Crippen molar-refractivity contribution in [2.24, 2.45) is 4.99 Å². The van der Waals surface area contributed by atoms with E-state index >= 15 is 0 Å². The Bertz CT molecular complexity index is 1430. The Morgan fingerprint density at radius 2 is 1.57 bits per heavy atom. The fourth-order valence-corrected chi connectivity index (χ4v) is 6.34. The van der Waals surface area contributed by atoms with Gasteiger partial charge in [-0.15, -0.1) is 0 Å². The molecule has 4 rings (SSSR count). The van der Waals surface area contributed by atoms with E-state index in [1.807, 2.05) is 0 Å². The number of halogens is 3. The van der Waals surface area contributed by atoms with Crippen LogP contribution in [0, 0.1) is 10.1 Å². The SMILES string of the molecule is O=C(c1ccccc1)[C@@H]1[C@@H](c2ccccc2Cl)N=C(C(Cl)Cl)N1S(=O)(=O)c1ccccc1[N+](=O)[O-]. The Kier molecular flexibility index (Phi) is 7.14. The quantitative estimate of drug-likeness (QED) is 0.168. The van der Waals surface area contributed by atoms with Gasteiger partial charge in [-0.1, -0.05) is 95.5 Å². The number of amidine groups is 1. The highest BCUT2D eigenvalue weighted by molar-refractivity contribution is 7.90. The summed E-state index contributed by atoms with van der Waals surface area (Å²) in [5.41, 5.74) is -0.0932. The molecule has 3 aromatic rings. The molecule has 0 bridgehead atoms. The third-order valence-electron chi connectivity index (χ3n) is 5.39. The molecule has 0 radical (unpaired) electrons. The van der Waals surface area contributed by atoms with Gasteiger partial charge in [-0.05, 0) is 17.7 Å². The summed E-state index contributed by atoms with van der Waals surface area (Å²) in [6, 6.07) is 16.7. The average Bonchev–Trinajstić information content (AvgIpc) is 3.26. The molecule has 0 aromatic heterocycles. The molecular formula is C23H16Cl3N3O5S. The van der Waals surface area contributed by atoms with Crippen LogP contribution in [0.3, 0.4) is 0 Å². The van der Waals surface area contributed by atoms with Gasteiger partial charge in [-0.2, -0.15) is 0 Å². The minimum absolute atomic E-state index is 0.203. The maximum absolute atomic E-state index is 13.9. The zero-order valence-corrected chi connectivity index (χ0v) is 20.7. The van der Waals surface area contributed by atoms with Gasteiger partial charge in [0.15, 0.2) is 15.5 Å². The summed E-state index contributed by atoms with van der Waals surface area (Å²) in [6.07, 6.45) is 0. The third-order valence-corrected chi connectivity index (χ3v) is 7.96. The summed E-state index contributed by atoms with van der Waals surface area (Å²) in [6.45, 7) is 0. The van der Waals surface area contributed by atoms with E-state index in [0.717, 1.165) is 12.1 Å². The topological polar surface area (TPSA) is 110 Å². The fourth-order valence-electron chi connectivity index (χ4n) is 3.88. The van der Waals surface area contributed by atoms with Gasteiger partial charge >= 0.3 is 0 Å². The number of carbonyl (C=O) groups is 1. The molecule has 35 heavy (non-hydrogen) atoms. The van der Waals surface area contributed by atoms with E-state index in [2.05, 4.69) is 4.99 Å². The van der Waals surface area contributed by atoms with E-state index < -0.39 is 48.2 Å². The van der Waals surface area contributed by atoms with Gasteiger partial charge in [-0.3, -0.25) is 19.9 Å². The monoisotopic (exact) mass is 551 g/mol. The van der Waals surface area contributed by atoms with Gasteiger partial charge in [-0.25, -0.2) is 12.7 Å². The number of nitro groups is 1. The predicted octanol–water partition coefficient (Wildman–Crippen LogP) is 5.45. The number of carbonyl (C=O) groups excluding carboxylic acids is 1. The van der Waals surface area contributed by atoms with Crippen molar-refractivity contribution in [2.45, 2.75) is 21.8 Å². The molecule has 180 valence electrons. The molecule has 3 aromatic carbocycles. The van der Waals surface area contributed by atoms with E-state index in [4.69, 9.17) is 34.8 Å². The average molecular weight is 553 g/mol. The van der Waals surface area contributed by atoms with Gasteiger partial charge in [0.1, 0.15) is 17.9 Å². The first kappa shape index (κ1) is 25.1. The van der Waals surface area contributed by atoms with Gasteiger partial charge < -0.3 is 0 Å². The lowest BCUT2D eigenvalue weighted by molar-refractivity contribution is -0.387. The summed E-state index contributed by atoms with van der Waals surface area (Å²) >= 11 is 18.7. The van der Waals surface area contributed by atoms with Crippen LogP contribution >= 0.6 is 34.8 Å². The molecule has 0 unspecified atom stereocenters. The number of benzene rings is 3.